The zero-order valence-corrected chi connectivity index (χ0v) is 16.5. The lowest BCUT2D eigenvalue weighted by atomic mass is 10.0. The third-order valence-electron chi connectivity index (χ3n) is 5.60. The van der Waals surface area contributed by atoms with Gasteiger partial charge in [0.15, 0.2) is 5.65 Å². The molecule has 0 aliphatic carbocycles. The van der Waals surface area contributed by atoms with E-state index in [0.29, 0.717) is 16.7 Å². The second-order valence-corrected chi connectivity index (χ2v) is 7.53. The number of rotatable bonds is 5. The fraction of sp³-hybridized carbons (Fsp3) is 0.429. The minimum atomic E-state index is -0.00466. The third kappa shape index (κ3) is 3.89. The lowest BCUT2D eigenvalue weighted by Gasteiger charge is -2.37. The van der Waals surface area contributed by atoms with Gasteiger partial charge in [-0.05, 0) is 37.4 Å². The summed E-state index contributed by atoms with van der Waals surface area (Å²) in [6, 6.07) is 12.6. The van der Waals surface area contributed by atoms with E-state index in [1.54, 1.807) is 24.0 Å². The molecule has 7 heteroatoms. The average molecular weight is 378 g/mol. The van der Waals surface area contributed by atoms with Gasteiger partial charge in [-0.15, -0.1) is 5.10 Å². The Bertz CT molecular complexity index is 954. The SMILES string of the molecule is CN(C(=O)c1cnc2c(c1)nnn2C)[C@@H]1CCCN(CCc2ccccc2)C1. The summed E-state index contributed by atoms with van der Waals surface area (Å²) in [5.74, 6) is -0.00466. The van der Waals surface area contributed by atoms with Crippen LogP contribution in [0.4, 0.5) is 0 Å². The Morgan fingerprint density at radius 2 is 2.11 bits per heavy atom. The highest BCUT2D eigenvalue weighted by Crippen LogP contribution is 2.18. The van der Waals surface area contributed by atoms with Crippen molar-refractivity contribution in [2.45, 2.75) is 25.3 Å². The molecule has 28 heavy (non-hydrogen) atoms. The number of fused-ring (bicyclic) bond motifs is 1. The number of likely N-dealkylation sites (N-methyl/N-ethyl adjacent to an activating group) is 1. The Kier molecular flexibility index (Phi) is 5.34. The molecule has 146 valence electrons. The van der Waals surface area contributed by atoms with Crippen molar-refractivity contribution in [1.29, 1.82) is 0 Å². The van der Waals surface area contributed by atoms with Gasteiger partial charge in [-0.2, -0.15) is 0 Å². The van der Waals surface area contributed by atoms with Crippen LogP contribution >= 0.6 is 0 Å². The standard InChI is InChI=1S/C21H26N6O/c1-25(21(28)17-13-19-20(22-14-17)26(2)24-23-19)18-9-6-11-27(15-18)12-10-16-7-4-3-5-8-16/h3-5,7-8,13-14,18H,6,9-12,15H2,1-2H3/t18-/m1/s1. The molecule has 0 N–H and O–H groups in total. The van der Waals surface area contributed by atoms with Crippen LogP contribution in [-0.4, -0.2) is 68.4 Å². The van der Waals surface area contributed by atoms with Gasteiger partial charge in [0.05, 0.1) is 5.56 Å². The minimum Gasteiger partial charge on any atom is -0.337 e. The van der Waals surface area contributed by atoms with Crippen LogP contribution in [0.3, 0.4) is 0 Å². The molecule has 1 saturated heterocycles. The number of aryl methyl sites for hydroxylation is 1. The number of amides is 1. The third-order valence-corrected chi connectivity index (χ3v) is 5.60. The summed E-state index contributed by atoms with van der Waals surface area (Å²) in [4.78, 5) is 21.7. The number of hydrogen-bond donors (Lipinski definition) is 0. The predicted molar refractivity (Wildman–Crippen MR) is 108 cm³/mol. The predicted octanol–water partition coefficient (Wildman–Crippen LogP) is 2.14. The van der Waals surface area contributed by atoms with Crippen LogP contribution in [0.25, 0.3) is 11.2 Å². The van der Waals surface area contributed by atoms with Gasteiger partial charge in [-0.25, -0.2) is 9.67 Å². The number of aromatic nitrogens is 4. The summed E-state index contributed by atoms with van der Waals surface area (Å²) in [5, 5.41) is 8.03. The molecule has 0 spiro atoms. The molecular weight excluding hydrogens is 352 g/mol. The molecule has 0 unspecified atom stereocenters. The van der Waals surface area contributed by atoms with Crippen molar-refractivity contribution in [1.82, 2.24) is 29.8 Å². The molecule has 2 aromatic heterocycles. The van der Waals surface area contributed by atoms with Gasteiger partial charge in [0.1, 0.15) is 5.52 Å². The molecule has 4 rings (SSSR count). The molecule has 1 atom stereocenters. The smallest absolute Gasteiger partial charge is 0.255 e. The Morgan fingerprint density at radius 3 is 2.93 bits per heavy atom. The summed E-state index contributed by atoms with van der Waals surface area (Å²) >= 11 is 0. The van der Waals surface area contributed by atoms with Gasteiger partial charge in [-0.3, -0.25) is 4.79 Å². The van der Waals surface area contributed by atoms with E-state index < -0.39 is 0 Å². The Morgan fingerprint density at radius 1 is 1.29 bits per heavy atom. The number of benzene rings is 1. The molecule has 0 radical (unpaired) electrons. The van der Waals surface area contributed by atoms with Crippen molar-refractivity contribution in [3.63, 3.8) is 0 Å². The van der Waals surface area contributed by atoms with Crippen LogP contribution in [0.5, 0.6) is 0 Å². The average Bonchev–Trinajstić information content (AvgIpc) is 3.12. The van der Waals surface area contributed by atoms with E-state index in [2.05, 4.69) is 44.5 Å². The Balaban J connectivity index is 1.39. The van der Waals surface area contributed by atoms with E-state index in [-0.39, 0.29) is 11.9 Å². The summed E-state index contributed by atoms with van der Waals surface area (Å²) in [5.41, 5.74) is 3.26. The number of likely N-dealkylation sites (tertiary alicyclic amines) is 1. The van der Waals surface area contributed by atoms with Gasteiger partial charge in [0.2, 0.25) is 0 Å². The summed E-state index contributed by atoms with van der Waals surface area (Å²) in [6.45, 7) is 3.03. The van der Waals surface area contributed by atoms with Crippen molar-refractivity contribution in [3.8, 4) is 0 Å². The monoisotopic (exact) mass is 378 g/mol. The Labute approximate surface area is 165 Å². The number of nitrogens with zero attached hydrogens (tertiary/aromatic N) is 6. The molecule has 0 saturated carbocycles. The van der Waals surface area contributed by atoms with Crippen LogP contribution in [0.1, 0.15) is 28.8 Å². The molecule has 1 aromatic carbocycles. The van der Waals surface area contributed by atoms with E-state index in [4.69, 9.17) is 0 Å². The van der Waals surface area contributed by atoms with Gasteiger partial charge < -0.3 is 9.80 Å². The highest BCUT2D eigenvalue weighted by atomic mass is 16.2. The van der Waals surface area contributed by atoms with E-state index in [0.717, 1.165) is 38.9 Å². The minimum absolute atomic E-state index is 0.00466. The number of piperidine rings is 1. The quantitative estimate of drug-likeness (QED) is 0.680. The van der Waals surface area contributed by atoms with Crippen molar-refractivity contribution >= 4 is 17.1 Å². The maximum atomic E-state index is 13.0. The fourth-order valence-corrected chi connectivity index (χ4v) is 3.90. The molecule has 1 fully saturated rings. The van der Waals surface area contributed by atoms with Crippen molar-refractivity contribution in [3.05, 3.63) is 53.7 Å². The first-order valence-corrected chi connectivity index (χ1v) is 9.80. The first-order valence-electron chi connectivity index (χ1n) is 9.80. The first-order chi connectivity index (χ1) is 13.6. The van der Waals surface area contributed by atoms with Crippen LogP contribution in [0.2, 0.25) is 0 Å². The van der Waals surface area contributed by atoms with Gasteiger partial charge >= 0.3 is 0 Å². The highest BCUT2D eigenvalue weighted by molar-refractivity contribution is 5.96. The molecule has 1 amide bonds. The van der Waals surface area contributed by atoms with E-state index in [9.17, 15) is 4.79 Å². The fourth-order valence-electron chi connectivity index (χ4n) is 3.90. The molecular formula is C21H26N6O. The van der Waals surface area contributed by atoms with Crippen molar-refractivity contribution < 1.29 is 4.79 Å². The van der Waals surface area contributed by atoms with Gasteiger partial charge in [0.25, 0.3) is 5.91 Å². The molecule has 7 nitrogen and oxygen atoms in total. The second-order valence-electron chi connectivity index (χ2n) is 7.53. The second kappa shape index (κ2) is 8.06. The van der Waals surface area contributed by atoms with Crippen LogP contribution in [0.15, 0.2) is 42.6 Å². The van der Waals surface area contributed by atoms with E-state index >= 15 is 0 Å². The summed E-state index contributed by atoms with van der Waals surface area (Å²) in [7, 11) is 3.69. The van der Waals surface area contributed by atoms with Crippen molar-refractivity contribution in [2.24, 2.45) is 7.05 Å². The zero-order valence-electron chi connectivity index (χ0n) is 16.5. The van der Waals surface area contributed by atoms with E-state index in [1.165, 1.54) is 5.56 Å². The normalized spacial score (nSPS) is 17.7. The number of carbonyl (C=O) groups excluding carboxylic acids is 1. The van der Waals surface area contributed by atoms with Crippen LogP contribution in [-0.2, 0) is 13.5 Å². The van der Waals surface area contributed by atoms with Crippen LogP contribution < -0.4 is 0 Å². The summed E-state index contributed by atoms with van der Waals surface area (Å²) in [6.07, 6.45) is 4.81. The molecule has 0 bridgehead atoms. The maximum absolute atomic E-state index is 13.0. The first kappa shape index (κ1) is 18.6. The van der Waals surface area contributed by atoms with E-state index in [1.807, 2.05) is 18.0 Å². The molecule has 1 aliphatic heterocycles. The largest absolute Gasteiger partial charge is 0.337 e. The lowest BCUT2D eigenvalue weighted by molar-refractivity contribution is 0.0619. The van der Waals surface area contributed by atoms with Crippen LogP contribution in [0, 0.1) is 0 Å². The van der Waals surface area contributed by atoms with Crippen molar-refractivity contribution in [2.75, 3.05) is 26.7 Å². The molecule has 3 aromatic rings. The van der Waals surface area contributed by atoms with Gasteiger partial charge in [-0.1, -0.05) is 35.5 Å². The number of pyridine rings is 1. The zero-order chi connectivity index (χ0) is 19.5. The molecule has 3 heterocycles. The Hall–Kier alpha value is -2.80. The molecule has 1 aliphatic rings. The maximum Gasteiger partial charge on any atom is 0.255 e. The highest BCUT2D eigenvalue weighted by Gasteiger charge is 2.27. The number of hydrogen-bond acceptors (Lipinski definition) is 5. The lowest BCUT2D eigenvalue weighted by Crippen LogP contribution is -2.49. The topological polar surface area (TPSA) is 67.2 Å². The number of carbonyl (C=O) groups is 1. The summed E-state index contributed by atoms with van der Waals surface area (Å²) < 4.78 is 1.61. The van der Waals surface area contributed by atoms with Gasteiger partial charge in [0, 0.05) is 39.4 Å².